The van der Waals surface area contributed by atoms with Crippen molar-refractivity contribution in [3.05, 3.63) is 0 Å². The number of aliphatic hydroxyl groups excluding tert-OH is 1. The van der Waals surface area contributed by atoms with Gasteiger partial charge in [-0.3, -0.25) is 9.59 Å². The molecule has 0 aromatic heterocycles. The molecule has 0 saturated heterocycles. The second kappa shape index (κ2) is 5.40. The highest BCUT2D eigenvalue weighted by atomic mass is 16.3. The summed E-state index contributed by atoms with van der Waals surface area (Å²) in [6.45, 7) is 6.36. The molecule has 4 rings (SSSR count). The number of aliphatic hydroxyl groups is 1. The summed E-state index contributed by atoms with van der Waals surface area (Å²) in [4.78, 5) is 24.1. The predicted molar refractivity (Wildman–Crippen MR) is 92.3 cm³/mol. The average Bonchev–Trinajstić information content (AvgIpc) is 2.84. The van der Waals surface area contributed by atoms with Crippen LogP contribution in [0.15, 0.2) is 0 Å². The van der Waals surface area contributed by atoms with Crippen LogP contribution in [0.1, 0.15) is 72.1 Å². The van der Waals surface area contributed by atoms with Crippen molar-refractivity contribution in [2.45, 2.75) is 78.2 Å². The van der Waals surface area contributed by atoms with Gasteiger partial charge in [-0.25, -0.2) is 0 Å². The molecule has 4 aliphatic rings. The van der Waals surface area contributed by atoms with Crippen LogP contribution in [0.4, 0.5) is 0 Å². The smallest absolute Gasteiger partial charge is 0.133 e. The molecule has 4 aliphatic carbocycles. The summed E-state index contributed by atoms with van der Waals surface area (Å²) in [5, 5.41) is 11.2. The molecule has 24 heavy (non-hydrogen) atoms. The molecule has 0 heterocycles. The van der Waals surface area contributed by atoms with Gasteiger partial charge in [-0.2, -0.15) is 0 Å². The highest BCUT2D eigenvalue weighted by Gasteiger charge is 2.63. The molecule has 8 atom stereocenters. The monoisotopic (exact) mass is 332 g/mol. The Bertz CT molecular complexity index is 569. The summed E-state index contributed by atoms with van der Waals surface area (Å²) in [7, 11) is 0. The second-order valence-corrected chi connectivity index (χ2v) is 9.84. The van der Waals surface area contributed by atoms with Crippen LogP contribution in [0.25, 0.3) is 0 Å². The maximum Gasteiger partial charge on any atom is 0.133 e. The third-order valence-corrected chi connectivity index (χ3v) is 8.90. The van der Waals surface area contributed by atoms with Gasteiger partial charge in [0.25, 0.3) is 0 Å². The van der Waals surface area contributed by atoms with Crippen LogP contribution in [-0.2, 0) is 9.59 Å². The van der Waals surface area contributed by atoms with Crippen LogP contribution in [-0.4, -0.2) is 22.8 Å². The quantitative estimate of drug-likeness (QED) is 0.795. The van der Waals surface area contributed by atoms with E-state index in [2.05, 4.69) is 13.8 Å². The van der Waals surface area contributed by atoms with Crippen molar-refractivity contribution in [2.75, 3.05) is 0 Å². The molecule has 0 aliphatic heterocycles. The van der Waals surface area contributed by atoms with Crippen LogP contribution in [0.5, 0.6) is 0 Å². The van der Waals surface area contributed by atoms with Crippen molar-refractivity contribution in [3.63, 3.8) is 0 Å². The summed E-state index contributed by atoms with van der Waals surface area (Å²) in [6.07, 6.45) is 7.27. The number of Topliss-reactive ketones (excluding diaryl/α,β-unsaturated/α-hetero) is 2. The van der Waals surface area contributed by atoms with E-state index >= 15 is 0 Å². The van der Waals surface area contributed by atoms with Crippen LogP contribution >= 0.6 is 0 Å². The summed E-state index contributed by atoms with van der Waals surface area (Å²) in [6, 6.07) is 0. The van der Waals surface area contributed by atoms with E-state index in [9.17, 15) is 14.7 Å². The fourth-order valence-electron chi connectivity index (χ4n) is 7.84. The first-order valence-electron chi connectivity index (χ1n) is 9.97. The van der Waals surface area contributed by atoms with Gasteiger partial charge in [0.1, 0.15) is 11.6 Å². The molecule has 4 saturated carbocycles. The number of rotatable bonds is 1. The molecule has 1 N–H and O–H groups in total. The Balaban J connectivity index is 1.68. The van der Waals surface area contributed by atoms with Gasteiger partial charge in [0, 0.05) is 18.8 Å². The Morgan fingerprint density at radius 3 is 2.58 bits per heavy atom. The van der Waals surface area contributed by atoms with E-state index in [1.807, 2.05) is 0 Å². The summed E-state index contributed by atoms with van der Waals surface area (Å²) >= 11 is 0. The number of hydrogen-bond donors (Lipinski definition) is 1. The molecule has 0 spiro atoms. The van der Waals surface area contributed by atoms with Gasteiger partial charge >= 0.3 is 0 Å². The second-order valence-electron chi connectivity index (χ2n) is 9.84. The van der Waals surface area contributed by atoms with Crippen LogP contribution in [0.3, 0.4) is 0 Å². The summed E-state index contributed by atoms with van der Waals surface area (Å²) in [5.41, 5.74) is 0.103. The van der Waals surface area contributed by atoms with E-state index in [1.165, 1.54) is 0 Å². The largest absolute Gasteiger partial charge is 0.393 e. The zero-order chi connectivity index (χ0) is 17.3. The predicted octanol–water partition coefficient (Wildman–Crippen LogP) is 3.77. The summed E-state index contributed by atoms with van der Waals surface area (Å²) in [5.74, 6) is 2.78. The number of carbonyl (C=O) groups is 2. The third kappa shape index (κ3) is 2.12. The SMILES string of the molecule is CC(=O)[C@H]1CC[C@H]2[C@@H]3CC[C@H]4CC(=O)CC[C@]4(C)C3[C@H](O)C[C@]12C. The Morgan fingerprint density at radius 1 is 1.12 bits per heavy atom. The molecule has 4 fully saturated rings. The lowest BCUT2D eigenvalue weighted by atomic mass is 9.44. The summed E-state index contributed by atoms with van der Waals surface area (Å²) < 4.78 is 0. The Labute approximate surface area is 145 Å². The van der Waals surface area contributed by atoms with Gasteiger partial charge in [-0.1, -0.05) is 13.8 Å². The Hall–Kier alpha value is -0.700. The van der Waals surface area contributed by atoms with Crippen molar-refractivity contribution in [3.8, 4) is 0 Å². The number of fused-ring (bicyclic) bond motifs is 5. The van der Waals surface area contributed by atoms with Gasteiger partial charge in [0.15, 0.2) is 0 Å². The van der Waals surface area contributed by atoms with Gasteiger partial charge < -0.3 is 5.11 Å². The standard InChI is InChI=1S/C21H32O3/c1-12(22)16-6-7-17-15-5-4-13-10-14(23)8-9-20(13,2)19(15)18(24)11-21(16,17)3/h13,15-19,24H,4-11H2,1-3H3/t13-,15-,16+,17-,18+,19?,20-,21+/m0/s1. The van der Waals surface area contributed by atoms with Crippen LogP contribution in [0, 0.1) is 40.4 Å². The van der Waals surface area contributed by atoms with Crippen LogP contribution in [0.2, 0.25) is 0 Å². The van der Waals surface area contributed by atoms with E-state index in [0.29, 0.717) is 41.7 Å². The lowest BCUT2D eigenvalue weighted by Gasteiger charge is -2.61. The minimum atomic E-state index is -0.308. The molecule has 1 unspecified atom stereocenters. The maximum atomic E-state index is 12.2. The average molecular weight is 332 g/mol. The Morgan fingerprint density at radius 2 is 1.88 bits per heavy atom. The van der Waals surface area contributed by atoms with Gasteiger partial charge in [0.05, 0.1) is 6.10 Å². The van der Waals surface area contributed by atoms with E-state index in [4.69, 9.17) is 0 Å². The van der Waals surface area contributed by atoms with Crippen molar-refractivity contribution >= 4 is 11.6 Å². The topological polar surface area (TPSA) is 54.4 Å². The first-order chi connectivity index (χ1) is 11.3. The highest BCUT2D eigenvalue weighted by molar-refractivity contribution is 5.80. The van der Waals surface area contributed by atoms with Crippen molar-refractivity contribution in [1.29, 1.82) is 0 Å². The third-order valence-electron chi connectivity index (χ3n) is 8.90. The molecule has 0 bridgehead atoms. The fourth-order valence-corrected chi connectivity index (χ4v) is 7.84. The number of carbonyl (C=O) groups excluding carboxylic acids is 2. The molecular weight excluding hydrogens is 300 g/mol. The van der Waals surface area contributed by atoms with Gasteiger partial charge in [0.2, 0.25) is 0 Å². The molecule has 0 aromatic rings. The zero-order valence-electron chi connectivity index (χ0n) is 15.4. The molecule has 0 amide bonds. The molecule has 3 heteroatoms. The number of hydrogen-bond acceptors (Lipinski definition) is 3. The van der Waals surface area contributed by atoms with Crippen molar-refractivity contribution < 1.29 is 14.7 Å². The van der Waals surface area contributed by atoms with E-state index in [1.54, 1.807) is 6.92 Å². The first kappa shape index (κ1) is 16.8. The molecule has 0 radical (unpaired) electrons. The van der Waals surface area contributed by atoms with Crippen molar-refractivity contribution in [2.24, 2.45) is 40.4 Å². The molecule has 3 nitrogen and oxygen atoms in total. The van der Waals surface area contributed by atoms with Crippen LogP contribution < -0.4 is 0 Å². The first-order valence-corrected chi connectivity index (χ1v) is 9.97. The fraction of sp³-hybridized carbons (Fsp3) is 0.905. The van der Waals surface area contributed by atoms with E-state index in [-0.39, 0.29) is 22.9 Å². The molecule has 134 valence electrons. The molecular formula is C21H32O3. The minimum absolute atomic E-state index is 0.0138. The van der Waals surface area contributed by atoms with Gasteiger partial charge in [-0.05, 0) is 80.0 Å². The van der Waals surface area contributed by atoms with E-state index < -0.39 is 0 Å². The minimum Gasteiger partial charge on any atom is -0.393 e. The lowest BCUT2D eigenvalue weighted by molar-refractivity contribution is -0.173. The van der Waals surface area contributed by atoms with Gasteiger partial charge in [-0.15, -0.1) is 0 Å². The maximum absolute atomic E-state index is 12.2. The Kier molecular flexibility index (Phi) is 3.77. The zero-order valence-corrected chi connectivity index (χ0v) is 15.4. The lowest BCUT2D eigenvalue weighted by Crippen LogP contribution is -2.59. The normalized spacial score (nSPS) is 53.9. The van der Waals surface area contributed by atoms with Crippen molar-refractivity contribution in [1.82, 2.24) is 0 Å². The van der Waals surface area contributed by atoms with E-state index in [0.717, 1.165) is 44.9 Å². The highest BCUT2D eigenvalue weighted by Crippen LogP contribution is 2.67. The number of ketones is 2. The molecule has 0 aromatic carbocycles.